The summed E-state index contributed by atoms with van der Waals surface area (Å²) in [5.41, 5.74) is 5.09. The molecule has 4 aromatic rings. The monoisotopic (exact) mass is 614 g/mol. The highest BCUT2D eigenvalue weighted by Gasteiger charge is 2.29. The molecule has 2 aliphatic rings. The van der Waals surface area contributed by atoms with Gasteiger partial charge in [-0.2, -0.15) is 0 Å². The summed E-state index contributed by atoms with van der Waals surface area (Å²) in [6.07, 6.45) is 18.3. The van der Waals surface area contributed by atoms with E-state index in [-0.39, 0.29) is 57.5 Å². The van der Waals surface area contributed by atoms with Crippen LogP contribution in [0.5, 0.6) is 34.5 Å². The zero-order valence-electron chi connectivity index (χ0n) is 26.8. The molecule has 0 unspecified atom stereocenters. The van der Waals surface area contributed by atoms with E-state index in [1.165, 1.54) is 0 Å². The molecule has 2 aliphatic carbocycles. The standard InChI is InChI=1S/C40H38O6/c1-19(2)29-25-15-21(5)31(37(43)33(25)27(35(41)39(29)45)17-23-11-7-8-12-23)32-22(6)16-26-30(20(3)4)40(46)36(42)28(34(26)38(32)44)18-24-13-9-10-14-24/h7-20,41-46H,1-6H3. The summed E-state index contributed by atoms with van der Waals surface area (Å²) in [6.45, 7) is 11.3. The minimum Gasteiger partial charge on any atom is -0.507 e. The highest BCUT2D eigenvalue weighted by atomic mass is 16.3. The summed E-state index contributed by atoms with van der Waals surface area (Å²) in [5, 5.41) is 71.3. The highest BCUT2D eigenvalue weighted by Crippen LogP contribution is 2.55. The first kappa shape index (κ1) is 30.7. The second kappa shape index (κ2) is 11.2. The smallest absolute Gasteiger partial charge is 0.165 e. The molecule has 0 spiro atoms. The zero-order chi connectivity index (χ0) is 33.2. The molecule has 0 bridgehead atoms. The third-order valence-corrected chi connectivity index (χ3v) is 8.99. The van der Waals surface area contributed by atoms with Crippen molar-refractivity contribution in [3.63, 3.8) is 0 Å². The predicted octanol–water partition coefficient (Wildman–Crippen LogP) is 9.78. The number of phenolic OH excluding ortho intramolecular Hbond substituents is 6. The summed E-state index contributed by atoms with van der Waals surface area (Å²) in [4.78, 5) is 0. The van der Waals surface area contributed by atoms with Crippen LogP contribution >= 0.6 is 0 Å². The van der Waals surface area contributed by atoms with Crippen LogP contribution < -0.4 is 0 Å². The molecule has 0 aromatic heterocycles. The van der Waals surface area contributed by atoms with Gasteiger partial charge >= 0.3 is 0 Å². The van der Waals surface area contributed by atoms with E-state index < -0.39 is 0 Å². The van der Waals surface area contributed by atoms with E-state index in [1.807, 2.05) is 102 Å². The van der Waals surface area contributed by atoms with E-state index >= 15 is 0 Å². The van der Waals surface area contributed by atoms with Crippen molar-refractivity contribution < 1.29 is 30.6 Å². The number of hydrogen-bond acceptors (Lipinski definition) is 6. The molecule has 0 amide bonds. The predicted molar refractivity (Wildman–Crippen MR) is 187 cm³/mol. The van der Waals surface area contributed by atoms with E-state index in [0.717, 1.165) is 11.1 Å². The Morgan fingerprint density at radius 2 is 0.804 bits per heavy atom. The molecule has 0 saturated heterocycles. The molecule has 0 aliphatic heterocycles. The SMILES string of the molecule is Cc1cc2c(C(C)C)c(O)c(O)c(C=C3C=CC=C3)c2c(O)c1-c1c(C)cc2c(C(C)C)c(O)c(O)c(C=C3C=CC=C3)c2c1O. The van der Waals surface area contributed by atoms with E-state index in [9.17, 15) is 30.6 Å². The van der Waals surface area contributed by atoms with Gasteiger partial charge in [-0.05, 0) is 70.9 Å². The Bertz CT molecular complexity index is 1980. The maximum Gasteiger partial charge on any atom is 0.165 e. The molecule has 234 valence electrons. The minimum atomic E-state index is -0.337. The number of aromatic hydroxyl groups is 6. The number of phenols is 6. The van der Waals surface area contributed by atoms with Gasteiger partial charge in [-0.25, -0.2) is 0 Å². The molecule has 6 N–H and O–H groups in total. The summed E-state index contributed by atoms with van der Waals surface area (Å²) in [5.74, 6) is -1.82. The molecular formula is C40H38O6. The normalized spacial score (nSPS) is 13.9. The summed E-state index contributed by atoms with van der Waals surface area (Å²) in [7, 11) is 0. The Morgan fingerprint density at radius 1 is 0.478 bits per heavy atom. The number of aryl methyl sites for hydroxylation is 2. The van der Waals surface area contributed by atoms with Crippen LogP contribution in [0.4, 0.5) is 0 Å². The van der Waals surface area contributed by atoms with E-state index in [1.54, 1.807) is 12.2 Å². The van der Waals surface area contributed by atoms with Crippen molar-refractivity contribution in [2.24, 2.45) is 0 Å². The van der Waals surface area contributed by atoms with Crippen molar-refractivity contribution in [3.8, 4) is 45.6 Å². The number of hydrogen-bond donors (Lipinski definition) is 6. The molecule has 46 heavy (non-hydrogen) atoms. The Morgan fingerprint density at radius 3 is 1.11 bits per heavy atom. The van der Waals surface area contributed by atoms with Gasteiger partial charge in [0.1, 0.15) is 11.5 Å². The van der Waals surface area contributed by atoms with E-state index in [0.29, 0.717) is 54.9 Å². The molecule has 0 saturated carbocycles. The quantitative estimate of drug-likeness (QED) is 0.124. The van der Waals surface area contributed by atoms with Crippen LogP contribution in [0, 0.1) is 13.8 Å². The molecule has 4 aromatic carbocycles. The molecule has 0 fully saturated rings. The molecule has 0 heterocycles. The number of benzene rings is 4. The van der Waals surface area contributed by atoms with Gasteiger partial charge in [0.2, 0.25) is 0 Å². The summed E-state index contributed by atoms with van der Waals surface area (Å²) < 4.78 is 0. The van der Waals surface area contributed by atoms with Gasteiger partial charge in [0.25, 0.3) is 0 Å². The van der Waals surface area contributed by atoms with Crippen LogP contribution in [0.2, 0.25) is 0 Å². The summed E-state index contributed by atoms with van der Waals surface area (Å²) in [6, 6.07) is 3.74. The van der Waals surface area contributed by atoms with Crippen molar-refractivity contribution in [1.82, 2.24) is 0 Å². The van der Waals surface area contributed by atoms with Crippen molar-refractivity contribution in [3.05, 3.63) is 105 Å². The lowest BCUT2D eigenvalue weighted by atomic mass is 9.82. The fraction of sp³-hybridized carbons (Fsp3) is 0.200. The molecule has 6 heteroatoms. The van der Waals surface area contributed by atoms with Crippen LogP contribution in [-0.2, 0) is 0 Å². The first-order chi connectivity index (χ1) is 21.8. The molecular weight excluding hydrogens is 576 g/mol. The van der Waals surface area contributed by atoms with Gasteiger partial charge in [-0.3, -0.25) is 0 Å². The Balaban J connectivity index is 1.79. The maximum atomic E-state index is 12.2. The topological polar surface area (TPSA) is 121 Å². The maximum absolute atomic E-state index is 12.2. The van der Waals surface area contributed by atoms with Crippen molar-refractivity contribution in [2.45, 2.75) is 53.4 Å². The second-order valence-electron chi connectivity index (χ2n) is 12.8. The van der Waals surface area contributed by atoms with E-state index in [4.69, 9.17) is 0 Å². The van der Waals surface area contributed by atoms with Crippen LogP contribution in [-0.4, -0.2) is 30.6 Å². The van der Waals surface area contributed by atoms with Crippen LogP contribution in [0.3, 0.4) is 0 Å². The van der Waals surface area contributed by atoms with Gasteiger partial charge in [0.15, 0.2) is 23.0 Å². The fourth-order valence-corrected chi connectivity index (χ4v) is 6.96. The van der Waals surface area contributed by atoms with Gasteiger partial charge in [0.05, 0.1) is 0 Å². The van der Waals surface area contributed by atoms with Crippen molar-refractivity contribution in [1.29, 1.82) is 0 Å². The van der Waals surface area contributed by atoms with Crippen LogP contribution in [0.25, 0.3) is 44.8 Å². The Hall–Kier alpha value is -5.36. The minimum absolute atomic E-state index is 0.156. The molecule has 6 rings (SSSR count). The molecule has 0 atom stereocenters. The van der Waals surface area contributed by atoms with Crippen LogP contribution in [0.15, 0.2) is 71.9 Å². The van der Waals surface area contributed by atoms with E-state index in [2.05, 4.69) is 0 Å². The fourth-order valence-electron chi connectivity index (χ4n) is 6.96. The Kier molecular flexibility index (Phi) is 7.48. The Labute approximate surface area is 268 Å². The number of allylic oxidation sites excluding steroid dienone is 10. The third kappa shape index (κ3) is 4.64. The average molecular weight is 615 g/mol. The van der Waals surface area contributed by atoms with Gasteiger partial charge in [-0.15, -0.1) is 0 Å². The average Bonchev–Trinajstić information content (AvgIpc) is 3.70. The lowest BCUT2D eigenvalue weighted by molar-refractivity contribution is 0.398. The van der Waals surface area contributed by atoms with Gasteiger partial charge in [-0.1, -0.05) is 88.4 Å². The molecule has 0 radical (unpaired) electrons. The van der Waals surface area contributed by atoms with Gasteiger partial charge < -0.3 is 30.6 Å². The second-order valence-corrected chi connectivity index (χ2v) is 12.8. The lowest BCUT2D eigenvalue weighted by Crippen LogP contribution is -2.00. The lowest BCUT2D eigenvalue weighted by Gasteiger charge is -2.24. The highest BCUT2D eigenvalue weighted by molar-refractivity contribution is 6.11. The van der Waals surface area contributed by atoms with Crippen LogP contribution in [0.1, 0.15) is 72.9 Å². The zero-order valence-corrected chi connectivity index (χ0v) is 26.8. The third-order valence-electron chi connectivity index (χ3n) is 8.99. The van der Waals surface area contributed by atoms with Crippen molar-refractivity contribution >= 4 is 33.7 Å². The van der Waals surface area contributed by atoms with Crippen molar-refractivity contribution in [2.75, 3.05) is 0 Å². The number of rotatable bonds is 5. The molecule has 6 nitrogen and oxygen atoms in total. The first-order valence-electron chi connectivity index (χ1n) is 15.4. The largest absolute Gasteiger partial charge is 0.507 e. The van der Waals surface area contributed by atoms with Gasteiger partial charge in [0, 0.05) is 44.2 Å². The first-order valence-corrected chi connectivity index (χ1v) is 15.4. The summed E-state index contributed by atoms with van der Waals surface area (Å²) >= 11 is 0. The number of fused-ring (bicyclic) bond motifs is 2.